The molecule has 0 amide bonds. The van der Waals surface area contributed by atoms with E-state index in [1.165, 1.54) is 11.3 Å². The number of hydrogen-bond donors (Lipinski definition) is 0. The number of benzene rings is 1. The van der Waals surface area contributed by atoms with Gasteiger partial charge in [-0.3, -0.25) is 14.0 Å². The first kappa shape index (κ1) is 23.2. The molecular formula is C26H28N6O2S. The van der Waals surface area contributed by atoms with E-state index in [0.717, 1.165) is 21.7 Å². The lowest BCUT2D eigenvalue weighted by Crippen LogP contribution is -2.25. The van der Waals surface area contributed by atoms with Gasteiger partial charge in [0.15, 0.2) is 11.6 Å². The number of methoxy groups -OCH3 is 1. The summed E-state index contributed by atoms with van der Waals surface area (Å²) in [6.07, 6.45) is 6.25. The number of rotatable bonds is 8. The number of hydrogen-bond acceptors (Lipinski definition) is 6. The summed E-state index contributed by atoms with van der Waals surface area (Å²) in [5.74, 6) is 1.22. The Bertz CT molecular complexity index is 1530. The van der Waals surface area contributed by atoms with Crippen LogP contribution in [0.5, 0.6) is 0 Å². The first-order valence-corrected chi connectivity index (χ1v) is 12.5. The molecule has 0 unspecified atom stereocenters. The topological polar surface area (TPSA) is 79.8 Å². The van der Waals surface area contributed by atoms with E-state index in [0.29, 0.717) is 41.4 Å². The lowest BCUT2D eigenvalue weighted by molar-refractivity contribution is 0.190. The largest absolute Gasteiger partial charge is 0.385 e. The molecule has 9 heteroatoms. The van der Waals surface area contributed by atoms with Crippen molar-refractivity contribution in [3.63, 3.8) is 0 Å². The maximum absolute atomic E-state index is 14.1. The summed E-state index contributed by atoms with van der Waals surface area (Å²) in [7, 11) is 3.57. The third-order valence-electron chi connectivity index (χ3n) is 6.00. The van der Waals surface area contributed by atoms with Gasteiger partial charge in [-0.05, 0) is 31.9 Å². The van der Waals surface area contributed by atoms with Crippen LogP contribution in [0.1, 0.15) is 26.3 Å². The lowest BCUT2D eigenvalue weighted by Gasteiger charge is -2.13. The van der Waals surface area contributed by atoms with E-state index >= 15 is 0 Å². The fourth-order valence-electron chi connectivity index (χ4n) is 4.22. The summed E-state index contributed by atoms with van der Waals surface area (Å²) in [5, 5.41) is 5.43. The van der Waals surface area contributed by atoms with Gasteiger partial charge in [0.25, 0.3) is 5.56 Å². The highest BCUT2D eigenvalue weighted by Crippen LogP contribution is 2.42. The predicted octanol–water partition coefficient (Wildman–Crippen LogP) is 5.01. The summed E-state index contributed by atoms with van der Waals surface area (Å²) in [6, 6.07) is 12.3. The van der Waals surface area contributed by atoms with Crippen LogP contribution in [0.25, 0.3) is 43.6 Å². The Balaban J connectivity index is 1.82. The first-order valence-electron chi connectivity index (χ1n) is 11.6. The molecule has 1 aromatic carbocycles. The monoisotopic (exact) mass is 488 g/mol. The summed E-state index contributed by atoms with van der Waals surface area (Å²) in [4.78, 5) is 25.3. The number of aryl methyl sites for hydroxylation is 1. The Labute approximate surface area is 207 Å². The average Bonchev–Trinajstić information content (AvgIpc) is 3.59. The van der Waals surface area contributed by atoms with Crippen LogP contribution in [-0.4, -0.2) is 42.6 Å². The van der Waals surface area contributed by atoms with Gasteiger partial charge >= 0.3 is 0 Å². The molecule has 4 heterocycles. The minimum absolute atomic E-state index is 0.0752. The van der Waals surface area contributed by atoms with Crippen LogP contribution in [0.15, 0.2) is 59.8 Å². The van der Waals surface area contributed by atoms with Gasteiger partial charge in [0.1, 0.15) is 10.5 Å². The molecule has 0 aliphatic rings. The highest BCUT2D eigenvalue weighted by atomic mass is 32.1. The molecule has 5 aromatic rings. The Morgan fingerprint density at radius 3 is 2.54 bits per heavy atom. The number of fused-ring (bicyclic) bond motifs is 1. The summed E-state index contributed by atoms with van der Waals surface area (Å²) >= 11 is 1.50. The number of ether oxygens (including phenoxy) is 1. The minimum Gasteiger partial charge on any atom is -0.385 e. The van der Waals surface area contributed by atoms with Crippen molar-refractivity contribution in [2.24, 2.45) is 7.05 Å². The number of thiophene rings is 1. The fraction of sp³-hybridized carbons (Fsp3) is 0.308. The molecule has 0 bridgehead atoms. The maximum atomic E-state index is 14.1. The second-order valence-corrected chi connectivity index (χ2v) is 9.73. The molecule has 0 saturated carbocycles. The van der Waals surface area contributed by atoms with Crippen LogP contribution in [0.3, 0.4) is 0 Å². The van der Waals surface area contributed by atoms with Crippen molar-refractivity contribution in [2.75, 3.05) is 13.7 Å². The Morgan fingerprint density at radius 1 is 1.09 bits per heavy atom. The van der Waals surface area contributed by atoms with Gasteiger partial charge in [0.2, 0.25) is 0 Å². The van der Waals surface area contributed by atoms with Gasteiger partial charge in [-0.25, -0.2) is 9.97 Å². The van der Waals surface area contributed by atoms with Crippen LogP contribution in [-0.2, 0) is 18.3 Å². The highest BCUT2D eigenvalue weighted by Gasteiger charge is 2.25. The molecule has 0 saturated heterocycles. The molecular weight excluding hydrogens is 460 g/mol. The Kier molecular flexibility index (Phi) is 6.36. The van der Waals surface area contributed by atoms with E-state index in [1.807, 2.05) is 65.1 Å². The average molecular weight is 489 g/mol. The van der Waals surface area contributed by atoms with E-state index in [2.05, 4.69) is 18.8 Å². The molecule has 0 spiro atoms. The van der Waals surface area contributed by atoms with Crippen LogP contribution in [0.4, 0.5) is 0 Å². The lowest BCUT2D eigenvalue weighted by atomic mass is 10.0. The first-order chi connectivity index (χ1) is 17.0. The van der Waals surface area contributed by atoms with E-state index in [4.69, 9.17) is 14.8 Å². The van der Waals surface area contributed by atoms with E-state index in [9.17, 15) is 4.79 Å². The summed E-state index contributed by atoms with van der Waals surface area (Å²) < 4.78 is 10.8. The zero-order valence-corrected chi connectivity index (χ0v) is 21.1. The van der Waals surface area contributed by atoms with Crippen molar-refractivity contribution >= 4 is 21.6 Å². The van der Waals surface area contributed by atoms with E-state index in [-0.39, 0.29) is 11.6 Å². The van der Waals surface area contributed by atoms with Crippen molar-refractivity contribution in [3.8, 4) is 33.3 Å². The third kappa shape index (κ3) is 4.21. The van der Waals surface area contributed by atoms with Crippen molar-refractivity contribution in [1.82, 2.24) is 28.9 Å². The molecule has 4 aromatic heterocycles. The third-order valence-corrected chi connectivity index (χ3v) is 7.10. The molecule has 0 aliphatic carbocycles. The van der Waals surface area contributed by atoms with Gasteiger partial charge in [0, 0.05) is 57.5 Å². The van der Waals surface area contributed by atoms with Crippen molar-refractivity contribution in [2.45, 2.75) is 32.9 Å². The van der Waals surface area contributed by atoms with Crippen LogP contribution < -0.4 is 5.56 Å². The summed E-state index contributed by atoms with van der Waals surface area (Å²) in [6.45, 7) is 5.23. The number of nitrogens with zero attached hydrogens (tertiary/aromatic N) is 6. The van der Waals surface area contributed by atoms with Gasteiger partial charge < -0.3 is 9.30 Å². The molecule has 35 heavy (non-hydrogen) atoms. The van der Waals surface area contributed by atoms with Crippen LogP contribution in [0, 0.1) is 0 Å². The molecule has 8 nitrogen and oxygen atoms in total. The van der Waals surface area contributed by atoms with Crippen LogP contribution in [0.2, 0.25) is 0 Å². The second kappa shape index (κ2) is 9.59. The maximum Gasteiger partial charge on any atom is 0.263 e. The predicted molar refractivity (Wildman–Crippen MR) is 140 cm³/mol. The zero-order chi connectivity index (χ0) is 24.5. The standard InChI is InChI=1S/C26H28N6O2S/c1-17(2)32-14-11-19(29-32)22-20(18-9-6-5-7-10-18)21-25(35-22)28-24(23-27-12-15-30(23)3)31(26(21)33)13-8-16-34-4/h5-7,9-12,14-15,17H,8,13,16H2,1-4H3. The minimum atomic E-state index is -0.0752. The van der Waals surface area contributed by atoms with Crippen molar-refractivity contribution in [1.29, 1.82) is 0 Å². The normalized spacial score (nSPS) is 11.7. The number of imidazole rings is 1. The van der Waals surface area contributed by atoms with Gasteiger partial charge in [-0.2, -0.15) is 5.10 Å². The fourth-order valence-corrected chi connectivity index (χ4v) is 5.37. The van der Waals surface area contributed by atoms with Crippen LogP contribution >= 0.6 is 11.3 Å². The second-order valence-electron chi connectivity index (χ2n) is 8.73. The SMILES string of the molecule is COCCCn1c(-c2nccn2C)nc2sc(-c3ccn(C(C)C)n3)c(-c3ccccc3)c2c1=O. The molecule has 0 fully saturated rings. The molecule has 180 valence electrons. The number of aromatic nitrogens is 6. The molecule has 0 aliphatic heterocycles. The molecule has 0 N–H and O–H groups in total. The quantitative estimate of drug-likeness (QED) is 0.287. The molecule has 0 radical (unpaired) electrons. The van der Waals surface area contributed by atoms with Gasteiger partial charge in [-0.15, -0.1) is 11.3 Å². The zero-order valence-electron chi connectivity index (χ0n) is 20.3. The Morgan fingerprint density at radius 2 is 1.89 bits per heavy atom. The van der Waals surface area contributed by atoms with Gasteiger partial charge in [-0.1, -0.05) is 30.3 Å². The van der Waals surface area contributed by atoms with Crippen molar-refractivity contribution < 1.29 is 4.74 Å². The molecule has 5 rings (SSSR count). The van der Waals surface area contributed by atoms with Gasteiger partial charge in [0.05, 0.1) is 10.3 Å². The Hall–Kier alpha value is -3.56. The van der Waals surface area contributed by atoms with E-state index < -0.39 is 0 Å². The highest BCUT2D eigenvalue weighted by molar-refractivity contribution is 7.22. The summed E-state index contributed by atoms with van der Waals surface area (Å²) in [5.41, 5.74) is 2.61. The van der Waals surface area contributed by atoms with E-state index in [1.54, 1.807) is 17.9 Å². The smallest absolute Gasteiger partial charge is 0.263 e. The van der Waals surface area contributed by atoms with Crippen molar-refractivity contribution in [3.05, 3.63) is 65.3 Å². The molecule has 0 atom stereocenters.